The Balaban J connectivity index is 0.00000274. The van der Waals surface area contributed by atoms with E-state index in [0.29, 0.717) is 40.9 Å². The molecule has 1 aromatic heterocycles. The van der Waals surface area contributed by atoms with Gasteiger partial charge in [-0.1, -0.05) is 11.8 Å². The summed E-state index contributed by atoms with van der Waals surface area (Å²) in [7, 11) is 0. The van der Waals surface area contributed by atoms with Gasteiger partial charge in [-0.15, -0.1) is 16.9 Å². The van der Waals surface area contributed by atoms with Crippen molar-refractivity contribution in [1.82, 2.24) is 30.3 Å². The minimum atomic E-state index is -1.22. The Labute approximate surface area is 225 Å². The average molecular weight is 514 g/mol. The second-order valence-corrected chi connectivity index (χ2v) is 10.4. The molecule has 1 radical (unpaired) electrons. The predicted molar refractivity (Wildman–Crippen MR) is 125 cm³/mol. The number of allylic oxidation sites excluding steroid dienone is 1. The van der Waals surface area contributed by atoms with Crippen molar-refractivity contribution < 1.29 is 24.3 Å². The molecule has 14 heteroatoms. The van der Waals surface area contributed by atoms with Gasteiger partial charge in [0.25, 0.3) is 5.91 Å². The van der Waals surface area contributed by atoms with Crippen LogP contribution >= 0.6 is 23.5 Å². The molecule has 175 valence electrons. The molecule has 3 aliphatic heterocycles. The SMILES string of the molecule is O=C(CSc1nc[nH]n1)N[C@@H]1C(=O)N2C(C(=O)O)=C(C=C3CCN(CC4CC4)C3=O)CS[C@H]12.[Na]. The van der Waals surface area contributed by atoms with Crippen LogP contribution < -0.4 is 5.32 Å². The molecule has 2 saturated heterocycles. The monoisotopic (exact) mass is 513 g/mol. The summed E-state index contributed by atoms with van der Waals surface area (Å²) in [5.74, 6) is -1.12. The molecule has 4 heterocycles. The average Bonchev–Trinajstić information content (AvgIpc) is 3.34. The zero-order valence-corrected chi connectivity index (χ0v) is 22.2. The van der Waals surface area contributed by atoms with Crippen LogP contribution in [0.25, 0.3) is 0 Å². The number of carboxylic acid groups (broad SMARTS) is 1. The van der Waals surface area contributed by atoms with Crippen molar-refractivity contribution in [2.24, 2.45) is 5.92 Å². The van der Waals surface area contributed by atoms with Gasteiger partial charge in [0.05, 0.1) is 5.75 Å². The molecule has 1 aliphatic carbocycles. The molecule has 0 bridgehead atoms. The summed E-state index contributed by atoms with van der Waals surface area (Å²) in [5, 5.41) is 18.9. The molecule has 2 atom stereocenters. The van der Waals surface area contributed by atoms with E-state index in [4.69, 9.17) is 0 Å². The van der Waals surface area contributed by atoms with E-state index in [0.717, 1.165) is 31.1 Å². The van der Waals surface area contributed by atoms with Crippen LogP contribution in [0.15, 0.2) is 34.4 Å². The van der Waals surface area contributed by atoms with Crippen LogP contribution in [0, 0.1) is 5.92 Å². The maximum atomic E-state index is 12.8. The summed E-state index contributed by atoms with van der Waals surface area (Å²) in [5.41, 5.74) is 0.939. The molecule has 34 heavy (non-hydrogen) atoms. The minimum Gasteiger partial charge on any atom is -0.477 e. The Morgan fingerprint density at radius 3 is 2.82 bits per heavy atom. The molecule has 5 rings (SSSR count). The quantitative estimate of drug-likeness (QED) is 0.186. The third-order valence-electron chi connectivity index (χ3n) is 5.98. The number of carbonyl (C=O) groups excluding carboxylic acids is 3. The number of H-pyrrole nitrogens is 1. The van der Waals surface area contributed by atoms with Gasteiger partial charge in [0.2, 0.25) is 17.0 Å². The maximum absolute atomic E-state index is 12.8. The van der Waals surface area contributed by atoms with Crippen LogP contribution in [0.4, 0.5) is 0 Å². The number of carbonyl (C=O) groups is 4. The molecule has 0 unspecified atom stereocenters. The number of aliphatic carboxylic acids is 1. The standard InChI is InChI=1S/C20H22N6O5S2.Na/c27-13(8-33-20-21-9-22-24-20)23-14-17(29)26-15(19(30)31)12(7-32-18(14)26)5-11-3-4-25(16(11)28)6-10-1-2-10;/h5,9-10,14,18H,1-4,6-8H2,(H,23,27)(H,30,31)(H,21,22,24);/t14-,18-;/m1./s1. The first-order valence-corrected chi connectivity index (χ1v) is 12.6. The van der Waals surface area contributed by atoms with Crippen molar-refractivity contribution in [2.75, 3.05) is 24.6 Å². The third kappa shape index (κ3) is 5.08. The van der Waals surface area contributed by atoms with Crippen molar-refractivity contribution in [1.29, 1.82) is 0 Å². The number of nitrogens with zero attached hydrogens (tertiary/aromatic N) is 4. The Kier molecular flexibility index (Phi) is 7.77. The number of thioether (sulfide) groups is 2. The summed E-state index contributed by atoms with van der Waals surface area (Å²) in [6, 6.07) is -0.791. The summed E-state index contributed by atoms with van der Waals surface area (Å²) in [4.78, 5) is 56.8. The zero-order valence-electron chi connectivity index (χ0n) is 18.5. The van der Waals surface area contributed by atoms with Gasteiger partial charge in [0.1, 0.15) is 23.4 Å². The van der Waals surface area contributed by atoms with Gasteiger partial charge in [-0.05, 0) is 36.8 Å². The van der Waals surface area contributed by atoms with E-state index in [1.807, 2.05) is 4.90 Å². The Morgan fingerprint density at radius 2 is 2.15 bits per heavy atom. The van der Waals surface area contributed by atoms with E-state index in [1.165, 1.54) is 23.0 Å². The van der Waals surface area contributed by atoms with Crippen molar-refractivity contribution in [3.05, 3.63) is 29.2 Å². The van der Waals surface area contributed by atoms with Crippen LogP contribution in [0.5, 0.6) is 0 Å². The smallest absolute Gasteiger partial charge is 0.352 e. The molecule has 3 fully saturated rings. The van der Waals surface area contributed by atoms with Gasteiger partial charge in [-0.2, -0.15) is 0 Å². The number of amides is 3. The van der Waals surface area contributed by atoms with Crippen molar-refractivity contribution in [3.63, 3.8) is 0 Å². The van der Waals surface area contributed by atoms with E-state index >= 15 is 0 Å². The summed E-state index contributed by atoms with van der Waals surface area (Å²) >= 11 is 2.51. The van der Waals surface area contributed by atoms with Gasteiger partial charge >= 0.3 is 5.97 Å². The Bertz CT molecular complexity index is 1070. The van der Waals surface area contributed by atoms with E-state index in [-0.39, 0.29) is 52.8 Å². The molecule has 0 spiro atoms. The van der Waals surface area contributed by atoms with E-state index in [2.05, 4.69) is 20.5 Å². The van der Waals surface area contributed by atoms with Gasteiger partial charge in [-0.25, -0.2) is 9.78 Å². The first-order chi connectivity index (χ1) is 15.9. The number of aromatic amines is 1. The molecular weight excluding hydrogens is 491 g/mol. The zero-order chi connectivity index (χ0) is 23.1. The fraction of sp³-hybridized carbons (Fsp3) is 0.500. The Morgan fingerprint density at radius 1 is 1.35 bits per heavy atom. The van der Waals surface area contributed by atoms with E-state index in [9.17, 15) is 24.3 Å². The second kappa shape index (κ2) is 10.4. The second-order valence-electron chi connectivity index (χ2n) is 8.32. The topological polar surface area (TPSA) is 149 Å². The van der Waals surface area contributed by atoms with Crippen molar-refractivity contribution >= 4 is 76.8 Å². The fourth-order valence-electron chi connectivity index (χ4n) is 4.16. The van der Waals surface area contributed by atoms with E-state index in [1.54, 1.807) is 6.08 Å². The van der Waals surface area contributed by atoms with Crippen LogP contribution in [-0.4, -0.2) is 119 Å². The molecule has 0 aromatic carbocycles. The number of fused-ring (bicyclic) bond motifs is 1. The molecule has 1 saturated carbocycles. The molecule has 4 aliphatic rings. The maximum Gasteiger partial charge on any atom is 0.352 e. The first-order valence-electron chi connectivity index (χ1n) is 10.6. The third-order valence-corrected chi connectivity index (χ3v) is 8.14. The number of aromatic nitrogens is 3. The molecular formula is C20H22N6NaO5S2. The molecule has 11 nitrogen and oxygen atoms in total. The fourth-order valence-corrected chi connectivity index (χ4v) is 6.06. The summed E-state index contributed by atoms with van der Waals surface area (Å²) < 4.78 is 0. The number of nitrogens with one attached hydrogen (secondary N) is 2. The van der Waals surface area contributed by atoms with Crippen molar-refractivity contribution in [3.8, 4) is 0 Å². The van der Waals surface area contributed by atoms with Gasteiger partial charge in [0.15, 0.2) is 0 Å². The molecule has 1 aromatic rings. The largest absolute Gasteiger partial charge is 0.477 e. The number of likely N-dealkylation sites (tertiary alicyclic amines) is 1. The molecule has 3 N–H and O–H groups in total. The van der Waals surface area contributed by atoms with Gasteiger partial charge < -0.3 is 15.3 Å². The number of rotatable bonds is 8. The number of β-lactam (4-membered cyclic amide) rings is 1. The predicted octanol–water partition coefficient (Wildman–Crippen LogP) is -0.177. The van der Waals surface area contributed by atoms with Crippen molar-refractivity contribution in [2.45, 2.75) is 35.8 Å². The summed E-state index contributed by atoms with van der Waals surface area (Å²) in [6.45, 7) is 1.41. The Hall–Kier alpha value is -1.80. The minimum absolute atomic E-state index is 0. The van der Waals surface area contributed by atoms with Gasteiger partial charge in [0, 0.05) is 54.0 Å². The van der Waals surface area contributed by atoms with Gasteiger partial charge in [-0.3, -0.25) is 24.4 Å². The van der Waals surface area contributed by atoms with Crippen LogP contribution in [0.3, 0.4) is 0 Å². The summed E-state index contributed by atoms with van der Waals surface area (Å²) in [6.07, 6.45) is 5.94. The number of hydrogen-bond donors (Lipinski definition) is 3. The number of carboxylic acids is 1. The van der Waals surface area contributed by atoms with Crippen LogP contribution in [-0.2, 0) is 19.2 Å². The first kappa shape index (κ1) is 25.3. The van der Waals surface area contributed by atoms with Crippen LogP contribution in [0.1, 0.15) is 19.3 Å². The van der Waals surface area contributed by atoms with E-state index < -0.39 is 23.3 Å². The normalized spacial score (nSPS) is 25.2. The van der Waals surface area contributed by atoms with Crippen LogP contribution in [0.2, 0.25) is 0 Å². The number of hydrogen-bond acceptors (Lipinski definition) is 8. The molecule has 3 amide bonds.